The molecule has 0 aromatic carbocycles. The highest BCUT2D eigenvalue weighted by Gasteiger charge is 2.81. The Bertz CT molecular complexity index is 922. The van der Waals surface area contributed by atoms with E-state index in [0.29, 0.717) is 34.4 Å². The van der Waals surface area contributed by atoms with Crippen molar-refractivity contribution in [3.05, 3.63) is 0 Å². The molecule has 33 heavy (non-hydrogen) atoms. The number of rotatable bonds is 0. The Labute approximate surface area is 201 Å². The van der Waals surface area contributed by atoms with E-state index in [9.17, 15) is 9.59 Å². The number of ether oxygens (including phenoxy) is 1. The lowest BCUT2D eigenvalue weighted by Gasteiger charge is -2.72. The lowest BCUT2D eigenvalue weighted by Crippen LogP contribution is -2.70. The number of carbonyl (C=O) groups is 2. The molecule has 0 aromatic heterocycles. The van der Waals surface area contributed by atoms with Gasteiger partial charge in [-0.3, -0.25) is 9.59 Å². The normalized spacial score (nSPS) is 59.1. The van der Waals surface area contributed by atoms with Gasteiger partial charge in [0.1, 0.15) is 11.9 Å². The molecule has 5 unspecified atom stereocenters. The van der Waals surface area contributed by atoms with Gasteiger partial charge in [-0.1, -0.05) is 48.5 Å². The third kappa shape index (κ3) is 2.39. The van der Waals surface area contributed by atoms with Crippen molar-refractivity contribution in [3.63, 3.8) is 0 Å². The topological polar surface area (TPSA) is 43.4 Å². The predicted octanol–water partition coefficient (Wildman–Crippen LogP) is 6.97. The summed E-state index contributed by atoms with van der Waals surface area (Å²) in [6.45, 7) is 17.0. The summed E-state index contributed by atoms with van der Waals surface area (Å²) in [5.74, 6) is 2.23. The third-order valence-electron chi connectivity index (χ3n) is 13.8. The van der Waals surface area contributed by atoms with Crippen LogP contribution in [-0.2, 0) is 14.3 Å². The zero-order valence-electron chi connectivity index (χ0n) is 22.2. The minimum Gasteiger partial charge on any atom is -0.461 e. The van der Waals surface area contributed by atoms with E-state index in [1.165, 1.54) is 25.7 Å². The summed E-state index contributed by atoms with van der Waals surface area (Å²) in [5.41, 5.74) is 0.471. The van der Waals surface area contributed by atoms with E-state index >= 15 is 0 Å². The Morgan fingerprint density at radius 3 is 2.18 bits per heavy atom. The van der Waals surface area contributed by atoms with Gasteiger partial charge in [0.05, 0.1) is 5.41 Å². The Morgan fingerprint density at radius 2 is 1.45 bits per heavy atom. The van der Waals surface area contributed by atoms with Crippen molar-refractivity contribution in [3.8, 4) is 0 Å². The van der Waals surface area contributed by atoms with Crippen LogP contribution in [0.4, 0.5) is 0 Å². The van der Waals surface area contributed by atoms with Crippen LogP contribution in [0.3, 0.4) is 0 Å². The van der Waals surface area contributed by atoms with Gasteiger partial charge >= 0.3 is 5.97 Å². The molecule has 0 N–H and O–H groups in total. The fourth-order valence-corrected chi connectivity index (χ4v) is 11.6. The quantitative estimate of drug-likeness (QED) is 0.371. The first-order valence-corrected chi connectivity index (χ1v) is 14.0. The Balaban J connectivity index is 1.48. The van der Waals surface area contributed by atoms with Gasteiger partial charge in [0.15, 0.2) is 0 Å². The van der Waals surface area contributed by atoms with Crippen LogP contribution in [0.5, 0.6) is 0 Å². The minimum absolute atomic E-state index is 0.0417. The van der Waals surface area contributed by atoms with Crippen molar-refractivity contribution < 1.29 is 14.3 Å². The SMILES string of the molecule is C[C@H]1C(=O)CCC2[C@]3(C)CC4OC(=O)C5(CC[C@@]6(C)CCC(C)(C)CC6[C@]45C)C3CC[C@@]21C. The maximum Gasteiger partial charge on any atom is 0.313 e. The lowest BCUT2D eigenvalue weighted by atomic mass is 9.30. The van der Waals surface area contributed by atoms with Crippen LogP contribution in [0, 0.1) is 56.2 Å². The molecule has 3 heteroatoms. The third-order valence-corrected chi connectivity index (χ3v) is 13.8. The second kappa shape index (κ2) is 6.28. The van der Waals surface area contributed by atoms with Crippen LogP contribution >= 0.6 is 0 Å². The standard InChI is InChI=1S/C30H46O3/c1-18-19(31)8-9-20-27(18,5)11-10-21-28(20,6)17-23-29(7)22-16-25(2,3)12-13-26(22,4)14-15-30(21,29)24(32)33-23/h18,20-23H,8-17H2,1-7H3/t18-,20?,21?,22?,23?,26+,27+,28-,29+,30?/m0/s1. The molecule has 10 atom stereocenters. The zero-order chi connectivity index (χ0) is 23.8. The number of hydrogen-bond acceptors (Lipinski definition) is 3. The van der Waals surface area contributed by atoms with Crippen LogP contribution in [0.15, 0.2) is 0 Å². The van der Waals surface area contributed by atoms with E-state index in [1.807, 2.05) is 0 Å². The second-order valence-corrected chi connectivity index (χ2v) is 15.3. The molecule has 6 rings (SSSR count). The summed E-state index contributed by atoms with van der Waals surface area (Å²) in [4.78, 5) is 26.8. The van der Waals surface area contributed by atoms with Crippen LogP contribution in [0.25, 0.3) is 0 Å². The summed E-state index contributed by atoms with van der Waals surface area (Å²) in [7, 11) is 0. The molecule has 0 radical (unpaired) electrons. The van der Waals surface area contributed by atoms with Crippen molar-refractivity contribution in [2.45, 2.75) is 119 Å². The van der Waals surface area contributed by atoms with Gasteiger partial charge < -0.3 is 4.74 Å². The van der Waals surface area contributed by atoms with E-state index in [4.69, 9.17) is 4.74 Å². The summed E-state index contributed by atoms with van der Waals surface area (Å²) >= 11 is 0. The Hall–Kier alpha value is -0.860. The highest BCUT2D eigenvalue weighted by Crippen LogP contribution is 2.81. The first-order chi connectivity index (χ1) is 15.2. The number of carbonyl (C=O) groups excluding carboxylic acids is 2. The fraction of sp³-hybridized carbons (Fsp3) is 0.933. The van der Waals surface area contributed by atoms with Crippen LogP contribution in [0.2, 0.25) is 0 Å². The molecule has 2 bridgehead atoms. The molecule has 6 fully saturated rings. The molecule has 5 aliphatic carbocycles. The molecule has 184 valence electrons. The summed E-state index contributed by atoms with van der Waals surface area (Å²) < 4.78 is 6.50. The molecule has 1 saturated heterocycles. The maximum atomic E-state index is 14.0. The van der Waals surface area contributed by atoms with Crippen LogP contribution < -0.4 is 0 Å². The largest absolute Gasteiger partial charge is 0.461 e. The van der Waals surface area contributed by atoms with Gasteiger partial charge in [-0.2, -0.15) is 0 Å². The van der Waals surface area contributed by atoms with E-state index in [2.05, 4.69) is 48.5 Å². The predicted molar refractivity (Wildman–Crippen MR) is 129 cm³/mol. The van der Waals surface area contributed by atoms with E-state index in [0.717, 1.165) is 38.5 Å². The number of fused-ring (bicyclic) bond motifs is 4. The summed E-state index contributed by atoms with van der Waals surface area (Å²) in [5, 5.41) is 0. The van der Waals surface area contributed by atoms with Gasteiger partial charge in [-0.25, -0.2) is 0 Å². The summed E-state index contributed by atoms with van der Waals surface area (Å²) in [6, 6.07) is 0. The first kappa shape index (κ1) is 22.6. The van der Waals surface area contributed by atoms with Crippen molar-refractivity contribution in [2.75, 3.05) is 0 Å². The Morgan fingerprint density at radius 1 is 0.758 bits per heavy atom. The van der Waals surface area contributed by atoms with E-state index in [1.54, 1.807) is 0 Å². The second-order valence-electron chi connectivity index (χ2n) is 15.3. The molecule has 0 aromatic rings. The molecule has 1 heterocycles. The van der Waals surface area contributed by atoms with Crippen LogP contribution in [-0.4, -0.2) is 17.9 Å². The van der Waals surface area contributed by atoms with E-state index in [-0.39, 0.29) is 39.7 Å². The van der Waals surface area contributed by atoms with Gasteiger partial charge in [0.25, 0.3) is 0 Å². The number of Topliss-reactive ketones (excluding diaryl/α,β-unsaturated/α-hetero) is 1. The van der Waals surface area contributed by atoms with Crippen molar-refractivity contribution >= 4 is 11.8 Å². The molecule has 0 amide bonds. The average Bonchev–Trinajstić information content (AvgIpc) is 2.87. The molecule has 6 aliphatic rings. The monoisotopic (exact) mass is 454 g/mol. The fourth-order valence-electron chi connectivity index (χ4n) is 11.6. The summed E-state index contributed by atoms with van der Waals surface area (Å²) in [6.07, 6.45) is 11.0. The van der Waals surface area contributed by atoms with Crippen molar-refractivity contribution in [1.82, 2.24) is 0 Å². The maximum absolute atomic E-state index is 14.0. The molecular formula is C30H46O3. The number of ketones is 1. The lowest BCUT2D eigenvalue weighted by molar-refractivity contribution is -0.249. The molecule has 3 nitrogen and oxygen atoms in total. The minimum atomic E-state index is -0.325. The molecule has 1 aliphatic heterocycles. The number of hydrogen-bond donors (Lipinski definition) is 0. The van der Waals surface area contributed by atoms with Gasteiger partial charge in [-0.15, -0.1) is 0 Å². The molecular weight excluding hydrogens is 408 g/mol. The highest BCUT2D eigenvalue weighted by molar-refractivity contribution is 5.84. The average molecular weight is 455 g/mol. The zero-order valence-corrected chi connectivity index (χ0v) is 22.2. The van der Waals surface area contributed by atoms with Gasteiger partial charge in [-0.05, 0) is 97.2 Å². The van der Waals surface area contributed by atoms with Crippen LogP contribution in [0.1, 0.15) is 113 Å². The van der Waals surface area contributed by atoms with E-state index < -0.39 is 0 Å². The Kier molecular flexibility index (Phi) is 4.30. The van der Waals surface area contributed by atoms with Crippen molar-refractivity contribution in [1.29, 1.82) is 0 Å². The van der Waals surface area contributed by atoms with Gasteiger partial charge in [0, 0.05) is 17.8 Å². The molecule has 5 saturated carbocycles. The number of esters is 1. The van der Waals surface area contributed by atoms with Crippen molar-refractivity contribution in [2.24, 2.45) is 56.2 Å². The molecule has 0 spiro atoms. The first-order valence-electron chi connectivity index (χ1n) is 14.0. The van der Waals surface area contributed by atoms with Gasteiger partial charge in [0.2, 0.25) is 0 Å². The smallest absolute Gasteiger partial charge is 0.313 e. The highest BCUT2D eigenvalue weighted by atomic mass is 16.6.